The van der Waals surface area contributed by atoms with Gasteiger partial charge in [0.15, 0.2) is 0 Å². The molecule has 1 unspecified atom stereocenters. The van der Waals surface area contributed by atoms with Crippen LogP contribution in [0, 0.1) is 0 Å². The molecule has 0 saturated heterocycles. The number of aliphatic carboxylic acids is 1. The van der Waals surface area contributed by atoms with Gasteiger partial charge in [-0.25, -0.2) is 0 Å². The number of hydrogen-bond donors (Lipinski definition) is 2. The van der Waals surface area contributed by atoms with Crippen LogP contribution in [-0.2, 0) is 11.2 Å². The average Bonchev–Trinajstić information content (AvgIpc) is 2.95. The first kappa shape index (κ1) is 29.9. The molecule has 0 fully saturated rings. The molecule has 0 radical (unpaired) electrons. The summed E-state index contributed by atoms with van der Waals surface area (Å²) in [6.45, 7) is 4.55. The van der Waals surface area contributed by atoms with E-state index >= 15 is 0 Å². The molecular weight excluding hydrogens is 486 g/mol. The third-order valence-corrected chi connectivity index (χ3v) is 6.98. The normalized spacial score (nSPS) is 11.6. The Balaban J connectivity index is 1.65. The van der Waals surface area contributed by atoms with Crippen molar-refractivity contribution in [2.45, 2.75) is 84.2 Å². The first-order valence-corrected chi connectivity index (χ1v) is 14.5. The number of nitrogens with one attached hydrogen (secondary N) is 1. The van der Waals surface area contributed by atoms with Crippen LogP contribution >= 0.6 is 0 Å². The van der Waals surface area contributed by atoms with Gasteiger partial charge < -0.3 is 15.2 Å². The molecule has 0 heterocycles. The smallest absolute Gasteiger partial charge is 0.305 e. The molecule has 1 atom stereocenters. The van der Waals surface area contributed by atoms with Gasteiger partial charge >= 0.3 is 5.97 Å². The van der Waals surface area contributed by atoms with Crippen LogP contribution < -0.4 is 10.1 Å². The molecule has 5 nitrogen and oxygen atoms in total. The zero-order valence-electron chi connectivity index (χ0n) is 23.5. The van der Waals surface area contributed by atoms with Gasteiger partial charge in [0, 0.05) is 12.1 Å². The molecule has 1 amide bonds. The number of carbonyl (C=O) groups is 2. The lowest BCUT2D eigenvalue weighted by molar-refractivity contribution is -0.136. The molecule has 0 aromatic heterocycles. The molecule has 0 spiro atoms. The minimum Gasteiger partial charge on any atom is -0.486 e. The van der Waals surface area contributed by atoms with Gasteiger partial charge in [0.05, 0.1) is 6.42 Å². The lowest BCUT2D eigenvalue weighted by atomic mass is 10.00. The van der Waals surface area contributed by atoms with Crippen LogP contribution in [0.3, 0.4) is 0 Å². The van der Waals surface area contributed by atoms with Gasteiger partial charge in [0.1, 0.15) is 11.9 Å². The standard InChI is InChI=1S/C34H43NO4/c1-3-5-7-9-11-32(29-16-18-30(19-17-29)34(38)35-25-24-33(36)37)39-31-22-20-28(21-23-31)27-14-12-26(13-15-27)10-8-6-4-2/h12-23,32H,3-11,24-25H2,1-2H3,(H,35,38)(H,36,37). The van der Waals surface area contributed by atoms with E-state index in [2.05, 4.69) is 55.6 Å². The summed E-state index contributed by atoms with van der Waals surface area (Å²) in [5.74, 6) is -0.379. The fourth-order valence-corrected chi connectivity index (χ4v) is 4.62. The Morgan fingerprint density at radius 2 is 1.38 bits per heavy atom. The van der Waals surface area contributed by atoms with Gasteiger partial charge in [-0.15, -0.1) is 0 Å². The number of carbonyl (C=O) groups excluding carboxylic acids is 1. The van der Waals surface area contributed by atoms with Crippen LogP contribution in [0.2, 0.25) is 0 Å². The summed E-state index contributed by atoms with van der Waals surface area (Å²) in [4.78, 5) is 23.0. The Hall–Kier alpha value is -3.60. The number of carboxylic acids is 1. The third kappa shape index (κ3) is 10.2. The maximum absolute atomic E-state index is 12.3. The SMILES string of the molecule is CCCCCCC(Oc1ccc(-c2ccc(CCCCC)cc2)cc1)c1ccc(C(=O)NCCC(=O)O)cc1. The molecule has 0 aliphatic heterocycles. The second kappa shape index (κ2) is 16.4. The van der Waals surface area contributed by atoms with Crippen LogP contribution in [0.4, 0.5) is 0 Å². The molecule has 0 bridgehead atoms. The number of unbranched alkanes of at least 4 members (excludes halogenated alkanes) is 5. The summed E-state index contributed by atoms with van der Waals surface area (Å²) in [5.41, 5.74) is 5.29. The lowest BCUT2D eigenvalue weighted by Gasteiger charge is -2.20. The number of aryl methyl sites for hydroxylation is 1. The molecule has 0 aliphatic carbocycles. The topological polar surface area (TPSA) is 75.6 Å². The first-order valence-electron chi connectivity index (χ1n) is 14.5. The quantitative estimate of drug-likeness (QED) is 0.172. The molecule has 3 aromatic rings. The van der Waals surface area contributed by atoms with E-state index in [0.717, 1.165) is 37.0 Å². The first-order chi connectivity index (χ1) is 19.0. The van der Waals surface area contributed by atoms with Crippen molar-refractivity contribution in [3.05, 3.63) is 89.5 Å². The van der Waals surface area contributed by atoms with Crippen LogP contribution in [0.25, 0.3) is 11.1 Å². The highest BCUT2D eigenvalue weighted by Crippen LogP contribution is 2.29. The van der Waals surface area contributed by atoms with E-state index in [-0.39, 0.29) is 25.0 Å². The van der Waals surface area contributed by atoms with Crippen molar-refractivity contribution in [3.63, 3.8) is 0 Å². The van der Waals surface area contributed by atoms with E-state index < -0.39 is 5.97 Å². The minimum absolute atomic E-state index is 0.0966. The van der Waals surface area contributed by atoms with Gasteiger partial charge in [0.25, 0.3) is 5.91 Å². The van der Waals surface area contributed by atoms with E-state index in [1.807, 2.05) is 24.3 Å². The zero-order valence-corrected chi connectivity index (χ0v) is 23.5. The van der Waals surface area contributed by atoms with Crippen LogP contribution in [-0.4, -0.2) is 23.5 Å². The fraction of sp³-hybridized carbons (Fsp3) is 0.412. The van der Waals surface area contributed by atoms with E-state index in [1.165, 1.54) is 48.8 Å². The number of hydrogen-bond acceptors (Lipinski definition) is 3. The van der Waals surface area contributed by atoms with Crippen LogP contribution in [0.5, 0.6) is 5.75 Å². The number of amides is 1. The summed E-state index contributed by atoms with van der Waals surface area (Å²) < 4.78 is 6.47. The van der Waals surface area contributed by atoms with Gasteiger partial charge in [-0.2, -0.15) is 0 Å². The number of carboxylic acid groups (broad SMARTS) is 1. The Labute approximate surface area is 233 Å². The molecule has 3 rings (SSSR count). The lowest BCUT2D eigenvalue weighted by Crippen LogP contribution is -2.26. The maximum Gasteiger partial charge on any atom is 0.305 e. The molecule has 208 valence electrons. The highest BCUT2D eigenvalue weighted by atomic mass is 16.5. The second-order valence-corrected chi connectivity index (χ2v) is 10.2. The van der Waals surface area contributed by atoms with E-state index in [4.69, 9.17) is 9.84 Å². The van der Waals surface area contributed by atoms with Gasteiger partial charge in [-0.1, -0.05) is 94.5 Å². The van der Waals surface area contributed by atoms with Gasteiger partial charge in [0.2, 0.25) is 0 Å². The molecule has 39 heavy (non-hydrogen) atoms. The highest BCUT2D eigenvalue weighted by molar-refractivity contribution is 5.94. The Kier molecular flexibility index (Phi) is 12.6. The number of benzene rings is 3. The van der Waals surface area contributed by atoms with Crippen molar-refractivity contribution in [1.82, 2.24) is 5.32 Å². The molecule has 2 N–H and O–H groups in total. The summed E-state index contributed by atoms with van der Waals surface area (Å²) in [5, 5.41) is 11.4. The molecular formula is C34H43NO4. The largest absolute Gasteiger partial charge is 0.486 e. The Bertz CT molecular complexity index is 1140. The zero-order chi connectivity index (χ0) is 27.9. The molecule has 3 aromatic carbocycles. The van der Waals surface area contributed by atoms with E-state index in [9.17, 15) is 9.59 Å². The predicted molar refractivity (Wildman–Crippen MR) is 158 cm³/mol. The summed E-state index contributed by atoms with van der Waals surface area (Å²) in [6.07, 6.45) is 10.2. The minimum atomic E-state index is -0.933. The predicted octanol–water partition coefficient (Wildman–Crippen LogP) is 8.38. The number of ether oxygens (including phenoxy) is 1. The maximum atomic E-state index is 12.3. The van der Waals surface area contributed by atoms with Crippen molar-refractivity contribution >= 4 is 11.9 Å². The fourth-order valence-electron chi connectivity index (χ4n) is 4.62. The third-order valence-electron chi connectivity index (χ3n) is 6.98. The Morgan fingerprint density at radius 3 is 2.00 bits per heavy atom. The van der Waals surface area contributed by atoms with Crippen molar-refractivity contribution in [1.29, 1.82) is 0 Å². The van der Waals surface area contributed by atoms with Crippen molar-refractivity contribution in [3.8, 4) is 16.9 Å². The van der Waals surface area contributed by atoms with Gasteiger partial charge in [-0.05, 0) is 72.2 Å². The summed E-state index contributed by atoms with van der Waals surface area (Å²) in [7, 11) is 0. The van der Waals surface area contributed by atoms with Crippen molar-refractivity contribution in [2.24, 2.45) is 0 Å². The van der Waals surface area contributed by atoms with Crippen molar-refractivity contribution < 1.29 is 19.4 Å². The number of rotatable bonds is 17. The molecule has 0 saturated carbocycles. The Morgan fingerprint density at radius 1 is 0.769 bits per heavy atom. The van der Waals surface area contributed by atoms with Gasteiger partial charge in [-0.3, -0.25) is 9.59 Å². The van der Waals surface area contributed by atoms with E-state index in [0.29, 0.717) is 5.56 Å². The average molecular weight is 530 g/mol. The van der Waals surface area contributed by atoms with E-state index in [1.54, 1.807) is 12.1 Å². The highest BCUT2D eigenvalue weighted by Gasteiger charge is 2.15. The van der Waals surface area contributed by atoms with Crippen LogP contribution in [0.1, 0.15) is 99.2 Å². The van der Waals surface area contributed by atoms with Crippen molar-refractivity contribution in [2.75, 3.05) is 6.54 Å². The second-order valence-electron chi connectivity index (χ2n) is 10.2. The van der Waals surface area contributed by atoms with Crippen LogP contribution in [0.15, 0.2) is 72.8 Å². The molecule has 5 heteroatoms. The summed E-state index contributed by atoms with van der Waals surface area (Å²) in [6, 6.07) is 24.6. The molecule has 0 aliphatic rings. The monoisotopic (exact) mass is 529 g/mol. The summed E-state index contributed by atoms with van der Waals surface area (Å²) >= 11 is 0.